The Morgan fingerprint density at radius 1 is 1.27 bits per heavy atom. The fourth-order valence-electron chi connectivity index (χ4n) is 2.59. The van der Waals surface area contributed by atoms with Crippen LogP contribution in [0.5, 0.6) is 0 Å². The van der Waals surface area contributed by atoms with Crippen molar-refractivity contribution in [2.45, 2.75) is 53.2 Å². The van der Waals surface area contributed by atoms with Crippen LogP contribution < -0.4 is 0 Å². The molecule has 2 aromatic rings. The van der Waals surface area contributed by atoms with Gasteiger partial charge in [0, 0.05) is 10.9 Å². The lowest BCUT2D eigenvalue weighted by Crippen LogP contribution is -2.13. The molecular weight excluding hydrogens is 296 g/mol. The highest BCUT2D eigenvalue weighted by molar-refractivity contribution is 6.31. The van der Waals surface area contributed by atoms with Gasteiger partial charge < -0.3 is 13.9 Å². The topological polar surface area (TPSA) is 59.7 Å². The molecule has 120 valence electrons. The van der Waals surface area contributed by atoms with E-state index in [-0.39, 0.29) is 10.8 Å². The van der Waals surface area contributed by atoms with Gasteiger partial charge in [-0.3, -0.25) is 0 Å². The fourth-order valence-corrected chi connectivity index (χ4v) is 3.51. The van der Waals surface area contributed by atoms with Gasteiger partial charge in [0.05, 0.1) is 6.61 Å². The Bertz CT molecular complexity index is 723. The SMILES string of the molecule is Cc1cc2oc(C(=O)O)c(C)c2c(CO[SiH2]C(C)(C)C)c1C. The first-order valence-corrected chi connectivity index (χ1v) is 8.73. The number of hydrogen-bond donors (Lipinski definition) is 1. The van der Waals surface area contributed by atoms with Crippen molar-refractivity contribution < 1.29 is 18.7 Å². The van der Waals surface area contributed by atoms with Crippen molar-refractivity contribution in [2.75, 3.05) is 0 Å². The normalized spacial score (nSPS) is 12.6. The highest BCUT2D eigenvalue weighted by Crippen LogP contribution is 2.33. The van der Waals surface area contributed by atoms with Crippen LogP contribution in [0.1, 0.15) is 53.6 Å². The van der Waals surface area contributed by atoms with Crippen LogP contribution in [0.4, 0.5) is 0 Å². The molecule has 5 heteroatoms. The second-order valence-electron chi connectivity index (χ2n) is 7.08. The lowest BCUT2D eigenvalue weighted by Gasteiger charge is -2.18. The molecule has 2 rings (SSSR count). The number of benzene rings is 1. The van der Waals surface area contributed by atoms with Gasteiger partial charge in [0.15, 0.2) is 9.76 Å². The van der Waals surface area contributed by atoms with E-state index in [0.29, 0.717) is 17.8 Å². The maximum absolute atomic E-state index is 11.3. The summed E-state index contributed by atoms with van der Waals surface area (Å²) in [5, 5.41) is 10.4. The van der Waals surface area contributed by atoms with E-state index in [2.05, 4.69) is 27.7 Å². The van der Waals surface area contributed by atoms with Gasteiger partial charge in [0.1, 0.15) is 5.58 Å². The van der Waals surface area contributed by atoms with Gasteiger partial charge in [-0.05, 0) is 48.6 Å². The van der Waals surface area contributed by atoms with Crippen LogP contribution in [-0.4, -0.2) is 20.8 Å². The first-order valence-electron chi connectivity index (χ1n) is 7.45. The number of carbonyl (C=O) groups is 1. The second-order valence-corrected chi connectivity index (χ2v) is 9.90. The van der Waals surface area contributed by atoms with Crippen molar-refractivity contribution in [3.05, 3.63) is 34.1 Å². The summed E-state index contributed by atoms with van der Waals surface area (Å²) in [4.78, 5) is 11.3. The number of furan rings is 1. The molecule has 1 aromatic carbocycles. The average Bonchev–Trinajstić information content (AvgIpc) is 2.70. The minimum Gasteiger partial charge on any atom is -0.475 e. The monoisotopic (exact) mass is 320 g/mol. The third kappa shape index (κ3) is 3.25. The molecule has 1 heterocycles. The zero-order valence-corrected chi connectivity index (χ0v) is 15.6. The third-order valence-corrected chi connectivity index (χ3v) is 5.12. The molecule has 0 saturated carbocycles. The van der Waals surface area contributed by atoms with E-state index in [1.165, 1.54) is 0 Å². The van der Waals surface area contributed by atoms with E-state index < -0.39 is 15.7 Å². The van der Waals surface area contributed by atoms with E-state index in [0.717, 1.165) is 22.1 Å². The molecule has 1 aromatic heterocycles. The molecule has 0 spiro atoms. The summed E-state index contributed by atoms with van der Waals surface area (Å²) in [6.45, 7) is 12.9. The molecule has 0 fully saturated rings. The molecule has 0 bridgehead atoms. The number of aromatic carboxylic acids is 1. The van der Waals surface area contributed by atoms with E-state index in [1.807, 2.05) is 13.0 Å². The van der Waals surface area contributed by atoms with Crippen LogP contribution in [0.15, 0.2) is 10.5 Å². The van der Waals surface area contributed by atoms with Crippen LogP contribution >= 0.6 is 0 Å². The van der Waals surface area contributed by atoms with Crippen molar-refractivity contribution in [3.8, 4) is 0 Å². The molecule has 0 aliphatic rings. The van der Waals surface area contributed by atoms with Crippen LogP contribution in [0.25, 0.3) is 11.0 Å². The van der Waals surface area contributed by atoms with Gasteiger partial charge in [0.25, 0.3) is 0 Å². The van der Waals surface area contributed by atoms with Crippen molar-refractivity contribution in [1.82, 2.24) is 0 Å². The lowest BCUT2D eigenvalue weighted by atomic mass is 9.97. The summed E-state index contributed by atoms with van der Waals surface area (Å²) in [6.07, 6.45) is 0. The summed E-state index contributed by atoms with van der Waals surface area (Å²) >= 11 is 0. The van der Waals surface area contributed by atoms with Crippen LogP contribution in [0.3, 0.4) is 0 Å². The predicted octanol–water partition coefficient (Wildman–Crippen LogP) is 3.88. The highest BCUT2D eigenvalue weighted by atomic mass is 28.2. The molecule has 0 aliphatic heterocycles. The highest BCUT2D eigenvalue weighted by Gasteiger charge is 2.21. The van der Waals surface area contributed by atoms with Crippen molar-refractivity contribution in [3.63, 3.8) is 0 Å². The Labute approximate surface area is 133 Å². The first-order chi connectivity index (χ1) is 10.1. The number of carboxylic acid groups (broad SMARTS) is 1. The Morgan fingerprint density at radius 3 is 2.45 bits per heavy atom. The first kappa shape index (κ1) is 16.8. The van der Waals surface area contributed by atoms with Gasteiger partial charge >= 0.3 is 5.97 Å². The standard InChI is InChI=1S/C17H24O4Si/c1-9-7-13-14(11(3)15(21-13)16(18)19)12(10(9)2)8-20-22-17(4,5)6/h7H,8,22H2,1-6H3,(H,18,19). The number of hydrogen-bond acceptors (Lipinski definition) is 3. The van der Waals surface area contributed by atoms with E-state index in [4.69, 9.17) is 8.84 Å². The molecule has 1 N–H and O–H groups in total. The van der Waals surface area contributed by atoms with Gasteiger partial charge in [-0.2, -0.15) is 0 Å². The van der Waals surface area contributed by atoms with Crippen molar-refractivity contribution in [1.29, 1.82) is 0 Å². The minimum atomic E-state index is -1.03. The maximum Gasteiger partial charge on any atom is 0.372 e. The predicted molar refractivity (Wildman–Crippen MR) is 90.4 cm³/mol. The summed E-state index contributed by atoms with van der Waals surface area (Å²) in [5.41, 5.74) is 4.61. The third-order valence-electron chi connectivity index (χ3n) is 3.84. The lowest BCUT2D eigenvalue weighted by molar-refractivity contribution is 0.0664. The molecule has 0 atom stereocenters. The smallest absolute Gasteiger partial charge is 0.372 e. The number of fused-ring (bicyclic) bond motifs is 1. The second kappa shape index (κ2) is 5.89. The number of rotatable bonds is 4. The summed E-state index contributed by atoms with van der Waals surface area (Å²) in [5.74, 6) is -1.01. The minimum absolute atomic E-state index is 0.0225. The van der Waals surface area contributed by atoms with Crippen LogP contribution in [0.2, 0.25) is 5.04 Å². The zero-order chi connectivity index (χ0) is 16.7. The molecular formula is C17H24O4Si. The molecule has 0 unspecified atom stereocenters. The number of carboxylic acids is 1. The Hall–Kier alpha value is -1.59. The van der Waals surface area contributed by atoms with Gasteiger partial charge in [0.2, 0.25) is 5.76 Å². The molecule has 0 aliphatic carbocycles. The fraction of sp³-hybridized carbons (Fsp3) is 0.471. The Kier molecular flexibility index (Phi) is 4.49. The summed E-state index contributed by atoms with van der Waals surface area (Å²) < 4.78 is 11.5. The molecule has 0 saturated heterocycles. The largest absolute Gasteiger partial charge is 0.475 e. The molecule has 0 amide bonds. The Balaban J connectivity index is 2.51. The van der Waals surface area contributed by atoms with Gasteiger partial charge in [-0.1, -0.05) is 20.8 Å². The molecule has 4 nitrogen and oxygen atoms in total. The summed E-state index contributed by atoms with van der Waals surface area (Å²) in [7, 11) is -0.657. The van der Waals surface area contributed by atoms with Crippen LogP contribution in [-0.2, 0) is 11.0 Å². The van der Waals surface area contributed by atoms with Gasteiger partial charge in [-0.25, -0.2) is 4.79 Å². The molecule has 0 radical (unpaired) electrons. The van der Waals surface area contributed by atoms with E-state index in [1.54, 1.807) is 6.92 Å². The quantitative estimate of drug-likeness (QED) is 0.869. The van der Waals surface area contributed by atoms with Crippen LogP contribution in [0, 0.1) is 20.8 Å². The molecule has 22 heavy (non-hydrogen) atoms. The zero-order valence-electron chi connectivity index (χ0n) is 14.2. The summed E-state index contributed by atoms with van der Waals surface area (Å²) in [6, 6.07) is 1.91. The van der Waals surface area contributed by atoms with Crippen molar-refractivity contribution >= 4 is 26.7 Å². The average molecular weight is 320 g/mol. The van der Waals surface area contributed by atoms with E-state index >= 15 is 0 Å². The number of aryl methyl sites for hydroxylation is 2. The Morgan fingerprint density at radius 2 is 1.91 bits per heavy atom. The van der Waals surface area contributed by atoms with Crippen molar-refractivity contribution in [2.24, 2.45) is 0 Å². The van der Waals surface area contributed by atoms with E-state index in [9.17, 15) is 9.90 Å². The van der Waals surface area contributed by atoms with Gasteiger partial charge in [-0.15, -0.1) is 0 Å². The maximum atomic E-state index is 11.3.